The van der Waals surface area contributed by atoms with Crippen LogP contribution in [0.15, 0.2) is 55.1 Å². The van der Waals surface area contributed by atoms with Gasteiger partial charge < -0.3 is 9.64 Å². The predicted octanol–water partition coefficient (Wildman–Crippen LogP) is 3.90. The summed E-state index contributed by atoms with van der Waals surface area (Å²) in [6.07, 6.45) is 6.98. The highest BCUT2D eigenvalue weighted by atomic mass is 32.1. The van der Waals surface area contributed by atoms with Gasteiger partial charge in [0.25, 0.3) is 5.91 Å². The number of aryl methyl sites for hydroxylation is 1. The number of amides is 1. The number of hydrogen-bond donors (Lipinski definition) is 0. The normalized spacial score (nSPS) is 16.8. The lowest BCUT2D eigenvalue weighted by atomic mass is 9.75. The topological polar surface area (TPSA) is 95.2 Å². The van der Waals surface area contributed by atoms with Crippen LogP contribution in [0.2, 0.25) is 0 Å². The van der Waals surface area contributed by atoms with Crippen LogP contribution in [0.4, 0.5) is 11.4 Å². The first-order valence-electron chi connectivity index (χ1n) is 10.1. The number of thiocarbonyl (C=S) groups is 1. The van der Waals surface area contributed by atoms with Gasteiger partial charge in [-0.2, -0.15) is 5.26 Å². The first kappa shape index (κ1) is 20.0. The summed E-state index contributed by atoms with van der Waals surface area (Å²) in [6, 6.07) is 12.9. The highest BCUT2D eigenvalue weighted by molar-refractivity contribution is 7.81. The van der Waals surface area contributed by atoms with E-state index in [-0.39, 0.29) is 5.91 Å². The van der Waals surface area contributed by atoms with Gasteiger partial charge in [0.1, 0.15) is 29.4 Å². The molecule has 3 aromatic rings. The van der Waals surface area contributed by atoms with Crippen LogP contribution in [0.3, 0.4) is 0 Å². The van der Waals surface area contributed by atoms with Gasteiger partial charge in [-0.15, -0.1) is 0 Å². The third kappa shape index (κ3) is 3.08. The number of pyridine rings is 1. The molecule has 1 aliphatic carbocycles. The van der Waals surface area contributed by atoms with Crippen molar-refractivity contribution in [2.24, 2.45) is 0 Å². The lowest BCUT2D eigenvalue weighted by Crippen LogP contribution is -2.55. The van der Waals surface area contributed by atoms with Crippen LogP contribution in [-0.4, -0.2) is 31.5 Å². The molecule has 1 aromatic carbocycles. The van der Waals surface area contributed by atoms with Crippen LogP contribution < -0.4 is 14.5 Å². The van der Waals surface area contributed by atoms with E-state index in [0.29, 0.717) is 33.7 Å². The number of carbonyl (C=O) groups excluding carboxylic acids is 1. The Bertz CT molecular complexity index is 1250. The van der Waals surface area contributed by atoms with Crippen molar-refractivity contribution in [3.63, 3.8) is 0 Å². The Labute approximate surface area is 190 Å². The molecule has 0 atom stereocenters. The molecule has 158 valence electrons. The van der Waals surface area contributed by atoms with Gasteiger partial charge in [0, 0.05) is 18.0 Å². The summed E-state index contributed by atoms with van der Waals surface area (Å²) >= 11 is 5.78. The van der Waals surface area contributed by atoms with Gasteiger partial charge in [-0.1, -0.05) is 0 Å². The molecule has 2 fully saturated rings. The van der Waals surface area contributed by atoms with Crippen LogP contribution in [0, 0.1) is 18.3 Å². The maximum Gasteiger partial charge on any atom is 0.259 e. The quantitative estimate of drug-likeness (QED) is 0.562. The Morgan fingerprint density at radius 1 is 1.16 bits per heavy atom. The fraction of sp³-hybridized carbons (Fsp3) is 0.217. The van der Waals surface area contributed by atoms with Crippen molar-refractivity contribution in [2.75, 3.05) is 9.80 Å². The second kappa shape index (κ2) is 7.66. The Hall–Kier alpha value is -3.90. The molecule has 0 radical (unpaired) electrons. The minimum atomic E-state index is -0.687. The molecule has 1 aliphatic heterocycles. The zero-order valence-corrected chi connectivity index (χ0v) is 18.0. The zero-order valence-electron chi connectivity index (χ0n) is 17.2. The van der Waals surface area contributed by atoms with E-state index in [1.807, 2.05) is 29.2 Å². The molecule has 32 heavy (non-hydrogen) atoms. The van der Waals surface area contributed by atoms with Crippen molar-refractivity contribution in [3.05, 3.63) is 66.4 Å². The molecule has 2 aromatic heterocycles. The smallest absolute Gasteiger partial charge is 0.259 e. The molecule has 1 saturated carbocycles. The number of ether oxygens (including phenoxy) is 1. The number of benzene rings is 1. The van der Waals surface area contributed by atoms with Crippen LogP contribution in [0.25, 0.3) is 0 Å². The number of anilines is 2. The van der Waals surface area contributed by atoms with E-state index < -0.39 is 5.54 Å². The summed E-state index contributed by atoms with van der Waals surface area (Å²) in [7, 11) is 0. The second-order valence-corrected chi connectivity index (χ2v) is 8.12. The molecule has 0 N–H and O–H groups in total. The highest BCUT2D eigenvalue weighted by Crippen LogP contribution is 2.48. The maximum atomic E-state index is 13.5. The Kier molecular flexibility index (Phi) is 4.79. The Morgan fingerprint density at radius 3 is 2.53 bits per heavy atom. The standard InChI is InChI=1S/C23H18N6O2S/c1-15-11-17(13-26-19(15)12-24)28-21(30)23(8-2-9-23)29(22(28)32)16-3-5-18(6-4-16)31-20-7-10-25-14-27-20/h3-7,10-11,13-14H,2,8-9H2,1H3. The van der Waals surface area contributed by atoms with Gasteiger partial charge in [0.05, 0.1) is 11.9 Å². The van der Waals surface area contributed by atoms with Gasteiger partial charge in [0.15, 0.2) is 5.11 Å². The molecule has 1 amide bonds. The summed E-state index contributed by atoms with van der Waals surface area (Å²) in [5, 5.41) is 9.58. The monoisotopic (exact) mass is 442 g/mol. The van der Waals surface area contributed by atoms with Crippen molar-refractivity contribution in [3.8, 4) is 17.7 Å². The molecule has 9 heteroatoms. The largest absolute Gasteiger partial charge is 0.439 e. The molecule has 1 spiro atoms. The molecule has 2 aliphatic rings. The molecular formula is C23H18N6O2S. The van der Waals surface area contributed by atoms with Crippen molar-refractivity contribution < 1.29 is 9.53 Å². The third-order valence-corrected chi connectivity index (χ3v) is 6.26. The van der Waals surface area contributed by atoms with E-state index in [1.165, 1.54) is 12.5 Å². The molecule has 5 rings (SSSR count). The summed E-state index contributed by atoms with van der Waals surface area (Å²) < 4.78 is 5.75. The average Bonchev–Trinajstić information content (AvgIpc) is 3.02. The number of aromatic nitrogens is 3. The number of hydrogen-bond acceptors (Lipinski definition) is 7. The summed E-state index contributed by atoms with van der Waals surface area (Å²) in [5.41, 5.74) is 1.75. The van der Waals surface area contributed by atoms with Crippen molar-refractivity contribution in [2.45, 2.75) is 31.7 Å². The molecule has 0 bridgehead atoms. The average molecular weight is 443 g/mol. The van der Waals surface area contributed by atoms with Gasteiger partial charge >= 0.3 is 0 Å². The first-order valence-corrected chi connectivity index (χ1v) is 10.5. The fourth-order valence-electron chi connectivity index (χ4n) is 4.13. The number of nitrogens with zero attached hydrogens (tertiary/aromatic N) is 6. The minimum absolute atomic E-state index is 0.0547. The van der Waals surface area contributed by atoms with Gasteiger partial charge in [-0.25, -0.2) is 15.0 Å². The summed E-state index contributed by atoms with van der Waals surface area (Å²) in [5.74, 6) is 1.02. The molecule has 8 nitrogen and oxygen atoms in total. The lowest BCUT2D eigenvalue weighted by Gasteiger charge is -2.43. The highest BCUT2D eigenvalue weighted by Gasteiger charge is 2.59. The van der Waals surface area contributed by atoms with Crippen LogP contribution in [0.5, 0.6) is 11.6 Å². The van der Waals surface area contributed by atoms with Gasteiger partial charge in [-0.05, 0) is 74.3 Å². The van der Waals surface area contributed by atoms with Crippen LogP contribution in [-0.2, 0) is 4.79 Å². The van der Waals surface area contributed by atoms with E-state index in [1.54, 1.807) is 30.2 Å². The molecule has 1 saturated heterocycles. The fourth-order valence-corrected chi connectivity index (χ4v) is 4.60. The predicted molar refractivity (Wildman–Crippen MR) is 121 cm³/mol. The number of rotatable bonds is 4. The summed E-state index contributed by atoms with van der Waals surface area (Å²) in [4.78, 5) is 29.2. The Balaban J connectivity index is 1.47. The Morgan fingerprint density at radius 2 is 1.94 bits per heavy atom. The summed E-state index contributed by atoms with van der Waals surface area (Å²) in [6.45, 7) is 1.80. The molecule has 0 unspecified atom stereocenters. The van der Waals surface area contributed by atoms with E-state index in [2.05, 4.69) is 21.0 Å². The van der Waals surface area contributed by atoms with E-state index in [4.69, 9.17) is 17.0 Å². The zero-order chi connectivity index (χ0) is 22.3. The molecular weight excluding hydrogens is 424 g/mol. The minimum Gasteiger partial charge on any atom is -0.439 e. The lowest BCUT2D eigenvalue weighted by molar-refractivity contribution is -0.123. The maximum absolute atomic E-state index is 13.5. The number of carbonyl (C=O) groups is 1. The van der Waals surface area contributed by atoms with E-state index in [0.717, 1.165) is 24.9 Å². The van der Waals surface area contributed by atoms with E-state index in [9.17, 15) is 10.1 Å². The van der Waals surface area contributed by atoms with Crippen molar-refractivity contribution >= 4 is 34.6 Å². The van der Waals surface area contributed by atoms with Gasteiger partial charge in [-0.3, -0.25) is 9.69 Å². The second-order valence-electron chi connectivity index (χ2n) is 7.76. The molecule has 3 heterocycles. The van der Waals surface area contributed by atoms with Crippen molar-refractivity contribution in [1.29, 1.82) is 5.26 Å². The van der Waals surface area contributed by atoms with Gasteiger partial charge in [0.2, 0.25) is 5.88 Å². The third-order valence-electron chi connectivity index (χ3n) is 5.89. The van der Waals surface area contributed by atoms with Crippen LogP contribution >= 0.6 is 12.2 Å². The first-order chi connectivity index (χ1) is 15.5. The van der Waals surface area contributed by atoms with E-state index >= 15 is 0 Å². The van der Waals surface area contributed by atoms with Crippen LogP contribution in [0.1, 0.15) is 30.5 Å². The SMILES string of the molecule is Cc1cc(N2C(=O)C3(CCC3)N(c3ccc(Oc4ccncn4)cc3)C2=S)cnc1C#N. The number of nitriles is 1. The van der Waals surface area contributed by atoms with Crippen molar-refractivity contribution in [1.82, 2.24) is 15.0 Å².